The summed E-state index contributed by atoms with van der Waals surface area (Å²) in [6.07, 6.45) is -1.70. The van der Waals surface area contributed by atoms with Crippen LogP contribution < -0.4 is 15.0 Å². The molecule has 0 aliphatic rings. The van der Waals surface area contributed by atoms with Crippen LogP contribution in [0, 0.1) is 0 Å². The number of aromatic nitrogens is 2. The van der Waals surface area contributed by atoms with Gasteiger partial charge >= 0.3 is 12.4 Å². The van der Waals surface area contributed by atoms with Crippen LogP contribution in [0.4, 0.5) is 29.3 Å². The number of nitrogens with one attached hydrogen (secondary N) is 1. The number of fused-ring (bicyclic) bond motifs is 1. The molecule has 2 aromatic carbocycles. The molecule has 3 rings (SSSR count). The molecular formula is C17H11F3N4O3. The van der Waals surface area contributed by atoms with Crippen molar-refractivity contribution in [1.82, 2.24) is 9.97 Å². The first-order chi connectivity index (χ1) is 12.9. The number of carbonyl (C=O) groups excluding carboxylic acids is 2. The van der Waals surface area contributed by atoms with E-state index in [0.717, 1.165) is 12.1 Å². The van der Waals surface area contributed by atoms with Crippen LogP contribution in [-0.4, -0.2) is 28.8 Å². The monoisotopic (exact) mass is 376 g/mol. The molecule has 0 aliphatic carbocycles. The third kappa shape index (κ3) is 4.48. The fourth-order valence-corrected chi connectivity index (χ4v) is 2.28. The van der Waals surface area contributed by atoms with Crippen molar-refractivity contribution < 1.29 is 27.5 Å². The molecule has 7 nitrogen and oxygen atoms in total. The van der Waals surface area contributed by atoms with E-state index in [2.05, 4.69) is 20.0 Å². The number of benzene rings is 2. The average molecular weight is 376 g/mol. The van der Waals surface area contributed by atoms with Crippen LogP contribution in [0.5, 0.6) is 5.75 Å². The number of halogens is 3. The Balaban J connectivity index is 1.81. The van der Waals surface area contributed by atoms with Crippen molar-refractivity contribution in [3.05, 3.63) is 54.9 Å². The maximum absolute atomic E-state index is 12.4. The van der Waals surface area contributed by atoms with Gasteiger partial charge in [-0.2, -0.15) is 0 Å². The first kappa shape index (κ1) is 18.1. The minimum absolute atomic E-state index is 0.0927. The van der Waals surface area contributed by atoms with Gasteiger partial charge in [0, 0.05) is 24.1 Å². The number of rotatable bonds is 4. The fraction of sp³-hybridized carbons (Fsp3) is 0.0588. The highest BCUT2D eigenvalue weighted by Crippen LogP contribution is 2.27. The number of amides is 3. The molecule has 0 saturated carbocycles. The molecule has 1 aromatic heterocycles. The summed E-state index contributed by atoms with van der Waals surface area (Å²) in [6.45, 7) is 0. The molecular weight excluding hydrogens is 365 g/mol. The van der Waals surface area contributed by atoms with E-state index in [0.29, 0.717) is 21.6 Å². The Morgan fingerprint density at radius 1 is 1.07 bits per heavy atom. The predicted octanol–water partition coefficient (Wildman–Crippen LogP) is 3.72. The maximum Gasteiger partial charge on any atom is 0.573 e. The van der Waals surface area contributed by atoms with E-state index < -0.39 is 18.1 Å². The first-order valence-electron chi connectivity index (χ1n) is 7.48. The van der Waals surface area contributed by atoms with E-state index in [-0.39, 0.29) is 12.1 Å². The standard InChI is InChI=1S/C17H11F3N4O3/c18-17(19,20)27-13-3-1-2-12(9-13)24(10-25)16(26)23-11-4-5-14-15(8-11)22-7-6-21-14/h1-10H,(H,23,26). The molecule has 0 bridgehead atoms. The molecule has 10 heteroatoms. The summed E-state index contributed by atoms with van der Waals surface area (Å²) in [6, 6.07) is 8.37. The van der Waals surface area contributed by atoms with Gasteiger partial charge in [-0.25, -0.2) is 9.69 Å². The normalized spacial score (nSPS) is 11.1. The smallest absolute Gasteiger partial charge is 0.406 e. The number of hydrogen-bond acceptors (Lipinski definition) is 5. The van der Waals surface area contributed by atoms with Crippen molar-refractivity contribution in [2.24, 2.45) is 0 Å². The molecule has 0 spiro atoms. The van der Waals surface area contributed by atoms with Crippen LogP contribution in [0.3, 0.4) is 0 Å². The number of hydrogen-bond donors (Lipinski definition) is 1. The zero-order chi connectivity index (χ0) is 19.4. The molecule has 3 aromatic rings. The van der Waals surface area contributed by atoms with Crippen LogP contribution >= 0.6 is 0 Å². The Labute approximate surface area is 150 Å². The Bertz CT molecular complexity index is 994. The molecule has 0 saturated heterocycles. The number of carbonyl (C=O) groups is 2. The average Bonchev–Trinajstić information content (AvgIpc) is 2.61. The van der Waals surface area contributed by atoms with Crippen LogP contribution in [0.1, 0.15) is 0 Å². The molecule has 1 heterocycles. The van der Waals surface area contributed by atoms with Crippen LogP contribution in [0.2, 0.25) is 0 Å². The van der Waals surface area contributed by atoms with Gasteiger partial charge in [0.1, 0.15) is 5.75 Å². The Kier molecular flexibility index (Phi) is 4.88. The molecule has 0 radical (unpaired) electrons. The molecule has 138 valence electrons. The van der Waals surface area contributed by atoms with E-state index >= 15 is 0 Å². The second-order valence-corrected chi connectivity index (χ2v) is 5.21. The number of anilines is 2. The van der Waals surface area contributed by atoms with E-state index in [9.17, 15) is 22.8 Å². The Morgan fingerprint density at radius 3 is 2.52 bits per heavy atom. The van der Waals surface area contributed by atoms with Gasteiger partial charge in [0.25, 0.3) is 0 Å². The quantitative estimate of drug-likeness (QED) is 0.702. The first-order valence-corrected chi connectivity index (χ1v) is 7.48. The summed E-state index contributed by atoms with van der Waals surface area (Å²) in [5.41, 5.74) is 1.38. The molecule has 0 unspecified atom stereocenters. The van der Waals surface area contributed by atoms with Gasteiger partial charge in [-0.15, -0.1) is 13.2 Å². The summed E-state index contributed by atoms with van der Waals surface area (Å²) in [7, 11) is 0. The summed E-state index contributed by atoms with van der Waals surface area (Å²) in [4.78, 5) is 32.5. The SMILES string of the molecule is O=CN(C(=O)Nc1ccc2nccnc2c1)c1cccc(OC(F)(F)F)c1. The number of nitrogens with zero attached hydrogens (tertiary/aromatic N) is 3. The van der Waals surface area contributed by atoms with Gasteiger partial charge in [-0.3, -0.25) is 14.8 Å². The summed E-state index contributed by atoms with van der Waals surface area (Å²) in [5, 5.41) is 2.48. The number of urea groups is 1. The van der Waals surface area contributed by atoms with Crippen molar-refractivity contribution in [3.8, 4) is 5.75 Å². The van der Waals surface area contributed by atoms with Crippen LogP contribution in [0.15, 0.2) is 54.9 Å². The highest BCUT2D eigenvalue weighted by molar-refractivity contribution is 6.12. The van der Waals surface area contributed by atoms with Crippen LogP contribution in [0.25, 0.3) is 11.0 Å². The van der Waals surface area contributed by atoms with Crippen molar-refractivity contribution in [2.45, 2.75) is 6.36 Å². The van der Waals surface area contributed by atoms with Gasteiger partial charge < -0.3 is 10.1 Å². The second kappa shape index (κ2) is 7.28. The van der Waals surface area contributed by atoms with Gasteiger partial charge in [-0.05, 0) is 30.3 Å². The molecule has 1 N–H and O–H groups in total. The van der Waals surface area contributed by atoms with Gasteiger partial charge in [0.15, 0.2) is 0 Å². The largest absolute Gasteiger partial charge is 0.573 e. The number of imide groups is 1. The maximum atomic E-state index is 12.4. The van der Waals surface area contributed by atoms with Gasteiger partial charge in [0.2, 0.25) is 6.41 Å². The van der Waals surface area contributed by atoms with Crippen LogP contribution in [-0.2, 0) is 4.79 Å². The lowest BCUT2D eigenvalue weighted by molar-refractivity contribution is -0.274. The van der Waals surface area contributed by atoms with Crippen molar-refractivity contribution >= 4 is 34.8 Å². The lowest BCUT2D eigenvalue weighted by atomic mass is 10.2. The third-order valence-corrected chi connectivity index (χ3v) is 3.37. The topological polar surface area (TPSA) is 84.4 Å². The highest BCUT2D eigenvalue weighted by atomic mass is 19.4. The highest BCUT2D eigenvalue weighted by Gasteiger charge is 2.31. The van der Waals surface area contributed by atoms with Crippen molar-refractivity contribution in [2.75, 3.05) is 10.2 Å². The predicted molar refractivity (Wildman–Crippen MR) is 90.2 cm³/mol. The number of ether oxygens (including phenoxy) is 1. The third-order valence-electron chi connectivity index (χ3n) is 3.37. The minimum Gasteiger partial charge on any atom is -0.406 e. The summed E-state index contributed by atoms with van der Waals surface area (Å²) in [5.74, 6) is -0.555. The van der Waals surface area contributed by atoms with E-state index in [1.54, 1.807) is 18.2 Å². The lowest BCUT2D eigenvalue weighted by Crippen LogP contribution is -2.33. The molecule has 0 fully saturated rings. The zero-order valence-corrected chi connectivity index (χ0v) is 13.5. The van der Waals surface area contributed by atoms with E-state index in [4.69, 9.17) is 0 Å². The van der Waals surface area contributed by atoms with Gasteiger partial charge in [-0.1, -0.05) is 6.07 Å². The molecule has 0 aliphatic heterocycles. The molecule has 27 heavy (non-hydrogen) atoms. The summed E-state index contributed by atoms with van der Waals surface area (Å²) < 4.78 is 40.8. The van der Waals surface area contributed by atoms with Gasteiger partial charge in [0.05, 0.1) is 16.7 Å². The summed E-state index contributed by atoms with van der Waals surface area (Å²) >= 11 is 0. The number of alkyl halides is 3. The fourth-order valence-electron chi connectivity index (χ4n) is 2.28. The van der Waals surface area contributed by atoms with Crippen molar-refractivity contribution in [1.29, 1.82) is 0 Å². The Morgan fingerprint density at radius 2 is 1.81 bits per heavy atom. The van der Waals surface area contributed by atoms with E-state index in [1.165, 1.54) is 24.5 Å². The molecule has 3 amide bonds. The van der Waals surface area contributed by atoms with E-state index in [1.807, 2.05) is 0 Å². The zero-order valence-electron chi connectivity index (χ0n) is 13.5. The van der Waals surface area contributed by atoms with Crippen molar-refractivity contribution in [3.63, 3.8) is 0 Å². The molecule has 0 atom stereocenters. The minimum atomic E-state index is -4.89. The lowest BCUT2D eigenvalue weighted by Gasteiger charge is -2.18. The Hall–Kier alpha value is -3.69. The second-order valence-electron chi connectivity index (χ2n) is 5.21.